The van der Waals surface area contributed by atoms with E-state index in [0.717, 1.165) is 12.5 Å². The van der Waals surface area contributed by atoms with Gasteiger partial charge in [0.1, 0.15) is 0 Å². The molecule has 1 amide bonds. The van der Waals surface area contributed by atoms with Gasteiger partial charge in [-0.15, -0.1) is 0 Å². The highest BCUT2D eigenvalue weighted by molar-refractivity contribution is 7.90. The summed E-state index contributed by atoms with van der Waals surface area (Å²) in [6, 6.07) is 2.65. The Kier molecular flexibility index (Phi) is 5.77. The summed E-state index contributed by atoms with van der Waals surface area (Å²) in [5, 5.41) is 5.67. The molecule has 0 aliphatic carbocycles. The number of oxime groups is 1. The van der Waals surface area contributed by atoms with Crippen molar-refractivity contribution >= 4 is 37.9 Å². The molecule has 27 heavy (non-hydrogen) atoms. The first kappa shape index (κ1) is 19.3. The topological polar surface area (TPSA) is 120 Å². The van der Waals surface area contributed by atoms with Crippen molar-refractivity contribution in [2.45, 2.75) is 17.6 Å². The number of thiazole rings is 1. The van der Waals surface area contributed by atoms with Crippen LogP contribution in [0.5, 0.6) is 0 Å². The van der Waals surface area contributed by atoms with Crippen LogP contribution in [0.4, 0.5) is 9.52 Å². The second-order valence-electron chi connectivity index (χ2n) is 5.61. The van der Waals surface area contributed by atoms with Crippen LogP contribution in [0.2, 0.25) is 0 Å². The Morgan fingerprint density at radius 1 is 1.41 bits per heavy atom. The number of pyridine rings is 1. The zero-order valence-electron chi connectivity index (χ0n) is 14.1. The largest absolute Gasteiger partial charge is 0.389 e. The lowest BCUT2D eigenvalue weighted by Crippen LogP contribution is -2.25. The molecule has 0 bridgehead atoms. The van der Waals surface area contributed by atoms with Gasteiger partial charge in [0.15, 0.2) is 36.9 Å². The number of rotatable bonds is 6. The summed E-state index contributed by atoms with van der Waals surface area (Å²) >= 11 is 0.657. The smallest absolute Gasteiger partial charge is 0.280 e. The predicted molar refractivity (Wildman–Crippen MR) is 94.9 cm³/mol. The molecular weight excluding hydrogens is 399 g/mol. The van der Waals surface area contributed by atoms with Crippen LogP contribution in [-0.2, 0) is 24.2 Å². The lowest BCUT2D eigenvalue weighted by atomic mass is 10.2. The summed E-state index contributed by atoms with van der Waals surface area (Å²) in [6.45, 7) is 0.881. The first-order chi connectivity index (χ1) is 12.8. The predicted octanol–water partition coefficient (Wildman–Crippen LogP) is 1.23. The van der Waals surface area contributed by atoms with Gasteiger partial charge in [-0.25, -0.2) is 18.4 Å². The molecule has 2 aromatic rings. The van der Waals surface area contributed by atoms with Crippen LogP contribution in [0.15, 0.2) is 34.7 Å². The first-order valence-electron chi connectivity index (χ1n) is 7.73. The van der Waals surface area contributed by atoms with Crippen LogP contribution in [-0.4, -0.2) is 55.6 Å². The summed E-state index contributed by atoms with van der Waals surface area (Å²) in [6.07, 6.45) is 3.53. The maximum absolute atomic E-state index is 13.1. The highest BCUT2D eigenvalue weighted by atomic mass is 32.2. The number of nitrogens with zero attached hydrogens (tertiary/aromatic N) is 3. The average Bonchev–Trinajstić information content (AvgIpc) is 3.26. The van der Waals surface area contributed by atoms with E-state index in [0.29, 0.717) is 31.0 Å². The summed E-state index contributed by atoms with van der Waals surface area (Å²) in [5.74, 6) is -0.697. The number of nitrogens with one attached hydrogen (secondary N) is 1. The molecule has 0 radical (unpaired) electrons. The minimum absolute atomic E-state index is 0.0510. The Hall–Kier alpha value is -2.44. The number of amides is 1. The summed E-state index contributed by atoms with van der Waals surface area (Å²) in [4.78, 5) is 25.5. The van der Waals surface area contributed by atoms with Crippen molar-refractivity contribution in [2.75, 3.05) is 24.8 Å². The van der Waals surface area contributed by atoms with E-state index in [4.69, 9.17) is 9.57 Å². The molecule has 0 saturated carbocycles. The van der Waals surface area contributed by atoms with E-state index in [1.165, 1.54) is 18.3 Å². The van der Waals surface area contributed by atoms with Gasteiger partial charge in [0.25, 0.3) is 5.91 Å². The Balaban J connectivity index is 1.86. The number of sulfone groups is 1. The Bertz CT molecular complexity index is 953. The zero-order chi connectivity index (χ0) is 19.4. The van der Waals surface area contributed by atoms with Gasteiger partial charge in [-0.1, -0.05) is 16.5 Å². The van der Waals surface area contributed by atoms with Gasteiger partial charge in [0.2, 0.25) is 0 Å². The molecule has 1 fully saturated rings. The fraction of sp³-hybridized carbons (Fsp3) is 0.333. The SMILES string of the molecule is CS(=O)(=O)c1ccc(/C(=N\O[C@@H]2CCOC2)C(=O)Nc2ncc(F)s2)cn1. The highest BCUT2D eigenvalue weighted by Crippen LogP contribution is 2.17. The number of aromatic nitrogens is 2. The minimum atomic E-state index is -3.49. The standard InChI is InChI=1S/C15H15FN4O5S2/c1-27(22,23)12-3-2-9(6-17-12)13(20-25-10-4-5-24-8-10)14(21)19-15-18-7-11(16)26-15/h2-3,6-7,10H,4-5,8H2,1H3,(H,18,19,21)/b20-13+/t10-/m1/s1. The van der Waals surface area contributed by atoms with Gasteiger partial charge in [0.05, 0.1) is 19.4 Å². The maximum atomic E-state index is 13.1. The Labute approximate surface area is 158 Å². The molecule has 1 saturated heterocycles. The van der Waals surface area contributed by atoms with Crippen molar-refractivity contribution in [1.82, 2.24) is 9.97 Å². The molecule has 1 aliphatic heterocycles. The number of carbonyl (C=O) groups is 1. The Morgan fingerprint density at radius 2 is 2.22 bits per heavy atom. The van der Waals surface area contributed by atoms with E-state index in [1.54, 1.807) is 0 Å². The van der Waals surface area contributed by atoms with Crippen LogP contribution >= 0.6 is 11.3 Å². The molecule has 2 aromatic heterocycles. The Morgan fingerprint density at radius 3 is 2.78 bits per heavy atom. The highest BCUT2D eigenvalue weighted by Gasteiger charge is 2.22. The van der Waals surface area contributed by atoms with E-state index in [-0.39, 0.29) is 27.5 Å². The van der Waals surface area contributed by atoms with Crippen molar-refractivity contribution in [3.63, 3.8) is 0 Å². The molecule has 3 heterocycles. The molecule has 3 rings (SSSR count). The molecule has 1 N–H and O–H groups in total. The summed E-state index contributed by atoms with van der Waals surface area (Å²) in [5.41, 5.74) is 0.0842. The summed E-state index contributed by atoms with van der Waals surface area (Å²) < 4.78 is 41.3. The van der Waals surface area contributed by atoms with Crippen molar-refractivity contribution in [2.24, 2.45) is 5.16 Å². The van der Waals surface area contributed by atoms with E-state index in [1.807, 2.05) is 0 Å². The van der Waals surface area contributed by atoms with Crippen LogP contribution in [0, 0.1) is 5.13 Å². The van der Waals surface area contributed by atoms with Gasteiger partial charge in [-0.05, 0) is 12.1 Å². The van der Waals surface area contributed by atoms with Gasteiger partial charge >= 0.3 is 0 Å². The second-order valence-corrected chi connectivity index (χ2v) is 8.56. The molecule has 9 nitrogen and oxygen atoms in total. The minimum Gasteiger partial charge on any atom is -0.389 e. The van der Waals surface area contributed by atoms with Crippen LogP contribution < -0.4 is 5.32 Å². The summed E-state index contributed by atoms with van der Waals surface area (Å²) in [7, 11) is -3.49. The van der Waals surface area contributed by atoms with E-state index in [2.05, 4.69) is 20.4 Å². The first-order valence-corrected chi connectivity index (χ1v) is 10.4. The van der Waals surface area contributed by atoms with Crippen molar-refractivity contribution in [3.05, 3.63) is 35.2 Å². The average molecular weight is 414 g/mol. The number of anilines is 1. The lowest BCUT2D eigenvalue weighted by Gasteiger charge is -2.09. The van der Waals surface area contributed by atoms with Gasteiger partial charge in [0, 0.05) is 24.4 Å². The number of ether oxygens (including phenoxy) is 1. The fourth-order valence-electron chi connectivity index (χ4n) is 2.16. The van der Waals surface area contributed by atoms with Crippen LogP contribution in [0.3, 0.4) is 0 Å². The number of hydrogen-bond acceptors (Lipinski definition) is 9. The zero-order valence-corrected chi connectivity index (χ0v) is 15.7. The van der Waals surface area contributed by atoms with E-state index >= 15 is 0 Å². The molecule has 0 spiro atoms. The number of halogens is 1. The maximum Gasteiger partial charge on any atom is 0.280 e. The lowest BCUT2D eigenvalue weighted by molar-refractivity contribution is -0.110. The van der Waals surface area contributed by atoms with Crippen molar-refractivity contribution < 1.29 is 27.2 Å². The monoisotopic (exact) mass is 414 g/mol. The van der Waals surface area contributed by atoms with Crippen LogP contribution in [0.25, 0.3) is 0 Å². The molecule has 0 unspecified atom stereocenters. The number of carbonyl (C=O) groups excluding carboxylic acids is 1. The third kappa shape index (κ3) is 5.05. The van der Waals surface area contributed by atoms with E-state index in [9.17, 15) is 17.6 Å². The van der Waals surface area contributed by atoms with Crippen molar-refractivity contribution in [1.29, 1.82) is 0 Å². The molecule has 12 heteroatoms. The fourth-order valence-corrected chi connectivity index (χ4v) is 3.26. The molecule has 0 aromatic carbocycles. The third-order valence-electron chi connectivity index (χ3n) is 3.48. The molecular formula is C15H15FN4O5S2. The molecule has 1 atom stereocenters. The normalized spacial score (nSPS) is 17.7. The van der Waals surface area contributed by atoms with Gasteiger partial charge in [-0.2, -0.15) is 4.39 Å². The molecule has 144 valence electrons. The van der Waals surface area contributed by atoms with Gasteiger partial charge < -0.3 is 9.57 Å². The third-order valence-corrected chi connectivity index (χ3v) is 5.19. The number of hydrogen-bond donors (Lipinski definition) is 1. The van der Waals surface area contributed by atoms with Gasteiger partial charge in [-0.3, -0.25) is 10.1 Å². The quantitative estimate of drug-likeness (QED) is 0.557. The molecule has 1 aliphatic rings. The van der Waals surface area contributed by atoms with Crippen molar-refractivity contribution in [3.8, 4) is 0 Å². The second kappa shape index (κ2) is 8.06. The van der Waals surface area contributed by atoms with Crippen LogP contribution in [0.1, 0.15) is 12.0 Å². The van der Waals surface area contributed by atoms with E-state index < -0.39 is 20.9 Å².